The standard InChI is InChI=1S/C19H25BrN2O2/c1-13-8-9-16(11-17(13)20)22-12-14(10-18(22)23)19(24)21-15-6-4-2-3-5-7-15/h8-9,11,14-15H,2-7,10,12H2,1H3,(H,21,24). The summed E-state index contributed by atoms with van der Waals surface area (Å²) in [6.07, 6.45) is 7.37. The molecule has 0 bridgehead atoms. The van der Waals surface area contributed by atoms with Crippen molar-refractivity contribution in [2.75, 3.05) is 11.4 Å². The Morgan fingerprint density at radius 3 is 2.58 bits per heavy atom. The Kier molecular flexibility index (Phi) is 5.59. The highest BCUT2D eigenvalue weighted by Gasteiger charge is 2.35. The van der Waals surface area contributed by atoms with Crippen molar-refractivity contribution in [1.82, 2.24) is 5.32 Å². The smallest absolute Gasteiger partial charge is 0.227 e. The van der Waals surface area contributed by atoms with Crippen molar-refractivity contribution < 1.29 is 9.59 Å². The third-order valence-corrected chi connectivity index (χ3v) is 6.02. The number of anilines is 1. The molecule has 1 heterocycles. The van der Waals surface area contributed by atoms with Crippen LogP contribution in [-0.2, 0) is 9.59 Å². The number of carbonyl (C=O) groups is 2. The molecule has 1 atom stereocenters. The van der Waals surface area contributed by atoms with Crippen LogP contribution < -0.4 is 10.2 Å². The first-order valence-corrected chi connectivity index (χ1v) is 9.71. The van der Waals surface area contributed by atoms with Gasteiger partial charge in [0.2, 0.25) is 11.8 Å². The predicted octanol–water partition coefficient (Wildman–Crippen LogP) is 3.95. The first kappa shape index (κ1) is 17.5. The summed E-state index contributed by atoms with van der Waals surface area (Å²) >= 11 is 3.51. The second-order valence-electron chi connectivity index (χ2n) is 7.04. The Balaban J connectivity index is 1.63. The van der Waals surface area contributed by atoms with E-state index < -0.39 is 0 Å². The molecule has 24 heavy (non-hydrogen) atoms. The van der Waals surface area contributed by atoms with Gasteiger partial charge in [0, 0.05) is 29.2 Å². The largest absolute Gasteiger partial charge is 0.353 e. The Hall–Kier alpha value is -1.36. The highest BCUT2D eigenvalue weighted by molar-refractivity contribution is 9.10. The normalized spacial score (nSPS) is 22.5. The van der Waals surface area contributed by atoms with Gasteiger partial charge in [-0.15, -0.1) is 0 Å². The molecule has 2 aliphatic rings. The van der Waals surface area contributed by atoms with Gasteiger partial charge in [-0.2, -0.15) is 0 Å². The van der Waals surface area contributed by atoms with Crippen LogP contribution in [0.2, 0.25) is 0 Å². The van der Waals surface area contributed by atoms with Gasteiger partial charge in [-0.05, 0) is 37.5 Å². The molecule has 1 aliphatic heterocycles. The first-order valence-electron chi connectivity index (χ1n) is 8.91. The van der Waals surface area contributed by atoms with Crippen LogP contribution in [0.5, 0.6) is 0 Å². The van der Waals surface area contributed by atoms with Crippen molar-refractivity contribution >= 4 is 33.4 Å². The molecular formula is C19H25BrN2O2. The predicted molar refractivity (Wildman–Crippen MR) is 99.0 cm³/mol. The number of carbonyl (C=O) groups excluding carboxylic acids is 2. The van der Waals surface area contributed by atoms with Gasteiger partial charge in [0.25, 0.3) is 0 Å². The SMILES string of the molecule is Cc1ccc(N2CC(C(=O)NC3CCCCCC3)CC2=O)cc1Br. The molecule has 5 heteroatoms. The molecule has 1 aromatic rings. The zero-order valence-electron chi connectivity index (χ0n) is 14.2. The lowest BCUT2D eigenvalue weighted by Gasteiger charge is -2.20. The quantitative estimate of drug-likeness (QED) is 0.791. The summed E-state index contributed by atoms with van der Waals surface area (Å²) in [6.45, 7) is 2.50. The summed E-state index contributed by atoms with van der Waals surface area (Å²) in [5, 5.41) is 3.19. The van der Waals surface area contributed by atoms with E-state index in [9.17, 15) is 9.59 Å². The highest BCUT2D eigenvalue weighted by atomic mass is 79.9. The van der Waals surface area contributed by atoms with Crippen molar-refractivity contribution in [2.24, 2.45) is 5.92 Å². The number of benzene rings is 1. The van der Waals surface area contributed by atoms with E-state index in [1.165, 1.54) is 25.7 Å². The summed E-state index contributed by atoms with van der Waals surface area (Å²) in [5.74, 6) is -0.156. The Labute approximate surface area is 152 Å². The van der Waals surface area contributed by atoms with Crippen molar-refractivity contribution in [3.8, 4) is 0 Å². The Morgan fingerprint density at radius 2 is 1.92 bits per heavy atom. The zero-order chi connectivity index (χ0) is 17.1. The van der Waals surface area contributed by atoms with Gasteiger partial charge in [-0.1, -0.05) is 47.7 Å². The molecule has 1 aromatic carbocycles. The van der Waals surface area contributed by atoms with Crippen LogP contribution in [0.15, 0.2) is 22.7 Å². The average Bonchev–Trinajstić information content (AvgIpc) is 2.77. The summed E-state index contributed by atoms with van der Waals surface area (Å²) in [7, 11) is 0. The lowest BCUT2D eigenvalue weighted by atomic mass is 10.0. The molecule has 0 aromatic heterocycles. The second-order valence-corrected chi connectivity index (χ2v) is 7.89. The van der Waals surface area contributed by atoms with E-state index in [2.05, 4.69) is 21.2 Å². The van der Waals surface area contributed by atoms with Crippen molar-refractivity contribution in [2.45, 2.75) is 57.9 Å². The van der Waals surface area contributed by atoms with Gasteiger partial charge in [-0.3, -0.25) is 9.59 Å². The van der Waals surface area contributed by atoms with Gasteiger partial charge in [0.15, 0.2) is 0 Å². The second kappa shape index (κ2) is 7.68. The van der Waals surface area contributed by atoms with E-state index in [-0.39, 0.29) is 23.8 Å². The number of rotatable bonds is 3. The van der Waals surface area contributed by atoms with Crippen molar-refractivity contribution in [1.29, 1.82) is 0 Å². The van der Waals surface area contributed by atoms with Gasteiger partial charge < -0.3 is 10.2 Å². The molecular weight excluding hydrogens is 368 g/mol. The Morgan fingerprint density at radius 1 is 1.21 bits per heavy atom. The summed E-state index contributed by atoms with van der Waals surface area (Å²) < 4.78 is 0.985. The van der Waals surface area contributed by atoms with E-state index >= 15 is 0 Å². The number of nitrogens with zero attached hydrogens (tertiary/aromatic N) is 1. The molecule has 3 rings (SSSR count). The molecule has 1 saturated carbocycles. The number of halogens is 1. The fraction of sp³-hybridized carbons (Fsp3) is 0.579. The lowest BCUT2D eigenvalue weighted by molar-refractivity contribution is -0.127. The van der Waals surface area contributed by atoms with E-state index in [1.54, 1.807) is 4.90 Å². The third kappa shape index (κ3) is 4.00. The van der Waals surface area contributed by atoms with E-state index in [4.69, 9.17) is 0 Å². The molecule has 4 nitrogen and oxygen atoms in total. The number of nitrogens with one attached hydrogen (secondary N) is 1. The third-order valence-electron chi connectivity index (χ3n) is 5.16. The molecule has 1 N–H and O–H groups in total. The van der Waals surface area contributed by atoms with Gasteiger partial charge in [-0.25, -0.2) is 0 Å². The van der Waals surface area contributed by atoms with E-state index in [0.717, 1.165) is 28.6 Å². The minimum absolute atomic E-state index is 0.0340. The molecule has 1 aliphatic carbocycles. The zero-order valence-corrected chi connectivity index (χ0v) is 15.8. The fourth-order valence-electron chi connectivity index (χ4n) is 3.63. The first-order chi connectivity index (χ1) is 11.5. The van der Waals surface area contributed by atoms with Gasteiger partial charge in [0.1, 0.15) is 0 Å². The van der Waals surface area contributed by atoms with E-state index in [0.29, 0.717) is 13.0 Å². The van der Waals surface area contributed by atoms with Crippen LogP contribution in [0.3, 0.4) is 0 Å². The number of hydrogen-bond acceptors (Lipinski definition) is 2. The molecule has 2 fully saturated rings. The molecule has 1 saturated heterocycles. The van der Waals surface area contributed by atoms with Crippen LogP contribution in [0.4, 0.5) is 5.69 Å². The summed E-state index contributed by atoms with van der Waals surface area (Å²) in [4.78, 5) is 26.7. The summed E-state index contributed by atoms with van der Waals surface area (Å²) in [6, 6.07) is 6.19. The van der Waals surface area contributed by atoms with Crippen LogP contribution in [-0.4, -0.2) is 24.4 Å². The molecule has 0 radical (unpaired) electrons. The van der Waals surface area contributed by atoms with Crippen LogP contribution in [0, 0.1) is 12.8 Å². The highest BCUT2D eigenvalue weighted by Crippen LogP contribution is 2.29. The Bertz CT molecular complexity index is 624. The molecule has 0 spiro atoms. The monoisotopic (exact) mass is 392 g/mol. The number of amides is 2. The maximum atomic E-state index is 12.6. The van der Waals surface area contributed by atoms with E-state index in [1.807, 2.05) is 25.1 Å². The maximum absolute atomic E-state index is 12.6. The average molecular weight is 393 g/mol. The molecule has 2 amide bonds. The number of aryl methyl sites for hydroxylation is 1. The summed E-state index contributed by atoms with van der Waals surface area (Å²) in [5.41, 5.74) is 2.00. The minimum Gasteiger partial charge on any atom is -0.353 e. The van der Waals surface area contributed by atoms with Crippen LogP contribution in [0.1, 0.15) is 50.5 Å². The topological polar surface area (TPSA) is 49.4 Å². The van der Waals surface area contributed by atoms with Crippen LogP contribution in [0.25, 0.3) is 0 Å². The number of hydrogen-bond donors (Lipinski definition) is 1. The molecule has 1 unspecified atom stereocenters. The van der Waals surface area contributed by atoms with Crippen molar-refractivity contribution in [3.05, 3.63) is 28.2 Å². The maximum Gasteiger partial charge on any atom is 0.227 e. The lowest BCUT2D eigenvalue weighted by Crippen LogP contribution is -2.39. The minimum atomic E-state index is -0.235. The molecule has 130 valence electrons. The van der Waals surface area contributed by atoms with Gasteiger partial charge in [0.05, 0.1) is 5.92 Å². The van der Waals surface area contributed by atoms with Crippen molar-refractivity contribution in [3.63, 3.8) is 0 Å². The fourth-order valence-corrected chi connectivity index (χ4v) is 3.99. The van der Waals surface area contributed by atoms with Gasteiger partial charge >= 0.3 is 0 Å². The van der Waals surface area contributed by atoms with Crippen LogP contribution >= 0.6 is 15.9 Å².